The van der Waals surface area contributed by atoms with Gasteiger partial charge in [-0.3, -0.25) is 5.10 Å². The summed E-state index contributed by atoms with van der Waals surface area (Å²) in [5, 5.41) is 11.0. The fourth-order valence-electron chi connectivity index (χ4n) is 2.04. The van der Waals surface area contributed by atoms with Gasteiger partial charge in [-0.2, -0.15) is 15.1 Å². The number of H-pyrrole nitrogens is 1. The molecule has 2 N–H and O–H groups in total. The number of aromatic nitrogens is 4. The minimum Gasteiger partial charge on any atom is -0.357 e. The van der Waals surface area contributed by atoms with Crippen LogP contribution in [0.2, 0.25) is 0 Å². The van der Waals surface area contributed by atoms with E-state index in [1.165, 1.54) is 0 Å². The van der Waals surface area contributed by atoms with Gasteiger partial charge in [0.1, 0.15) is 5.82 Å². The number of aromatic amines is 1. The molecule has 0 amide bonds. The highest BCUT2D eigenvalue weighted by atomic mass is 15.3. The van der Waals surface area contributed by atoms with Crippen molar-refractivity contribution in [1.82, 2.24) is 20.2 Å². The summed E-state index contributed by atoms with van der Waals surface area (Å²) < 4.78 is 0. The molecule has 0 aliphatic rings. The number of fused-ring (bicyclic) bond motifs is 1. The van der Waals surface area contributed by atoms with Gasteiger partial charge in [0.25, 0.3) is 0 Å². The fraction of sp³-hybridized carbons (Fsp3) is 0.615. The molecule has 0 aromatic carbocycles. The molecule has 0 spiro atoms. The molecule has 104 valence electrons. The molecule has 0 aliphatic carbocycles. The number of hydrogen-bond donors (Lipinski definition) is 2. The van der Waals surface area contributed by atoms with Crippen LogP contribution in [0.15, 0.2) is 6.20 Å². The van der Waals surface area contributed by atoms with E-state index < -0.39 is 0 Å². The largest absolute Gasteiger partial charge is 0.357 e. The van der Waals surface area contributed by atoms with Gasteiger partial charge in [0.2, 0.25) is 5.95 Å². The maximum absolute atomic E-state index is 4.59. The van der Waals surface area contributed by atoms with Gasteiger partial charge in [-0.05, 0) is 12.8 Å². The van der Waals surface area contributed by atoms with Gasteiger partial charge >= 0.3 is 0 Å². The lowest BCUT2D eigenvalue weighted by Gasteiger charge is -2.25. The highest BCUT2D eigenvalue weighted by Gasteiger charge is 2.16. The number of nitrogens with zero attached hydrogens (tertiary/aromatic N) is 4. The zero-order valence-corrected chi connectivity index (χ0v) is 12.1. The van der Waals surface area contributed by atoms with E-state index in [0.29, 0.717) is 11.9 Å². The number of hydrogen-bond acceptors (Lipinski definition) is 5. The first-order valence-electron chi connectivity index (χ1n) is 6.83. The minimum atomic E-state index is 0.620. The van der Waals surface area contributed by atoms with Crippen molar-refractivity contribution >= 4 is 22.8 Å². The second kappa shape index (κ2) is 5.86. The molecule has 0 saturated heterocycles. The Morgan fingerprint density at radius 2 is 2.16 bits per heavy atom. The Morgan fingerprint density at radius 3 is 2.79 bits per heavy atom. The summed E-state index contributed by atoms with van der Waals surface area (Å²) in [6, 6.07) is 0. The van der Waals surface area contributed by atoms with Crippen molar-refractivity contribution in [3.05, 3.63) is 6.20 Å². The zero-order valence-electron chi connectivity index (χ0n) is 12.1. The third-order valence-corrected chi connectivity index (χ3v) is 3.42. The maximum Gasteiger partial charge on any atom is 0.226 e. The van der Waals surface area contributed by atoms with Crippen LogP contribution >= 0.6 is 0 Å². The molecular formula is C13H22N6. The molecule has 1 unspecified atom stereocenters. The Hall–Kier alpha value is -1.85. The molecule has 19 heavy (non-hydrogen) atoms. The Kier molecular flexibility index (Phi) is 4.19. The van der Waals surface area contributed by atoms with Gasteiger partial charge in [0.15, 0.2) is 5.65 Å². The lowest BCUT2D eigenvalue weighted by Crippen LogP contribution is -2.29. The Bertz CT molecular complexity index is 535. The summed E-state index contributed by atoms with van der Waals surface area (Å²) >= 11 is 0. The summed E-state index contributed by atoms with van der Waals surface area (Å²) in [4.78, 5) is 11.2. The lowest BCUT2D eigenvalue weighted by molar-refractivity contribution is 0.546. The van der Waals surface area contributed by atoms with E-state index in [1.807, 2.05) is 7.05 Å². The number of anilines is 2. The van der Waals surface area contributed by atoms with Gasteiger partial charge < -0.3 is 10.2 Å². The van der Waals surface area contributed by atoms with E-state index in [4.69, 9.17) is 0 Å². The maximum atomic E-state index is 4.59. The molecule has 2 heterocycles. The molecule has 6 nitrogen and oxygen atoms in total. The highest BCUT2D eigenvalue weighted by molar-refractivity contribution is 5.87. The van der Waals surface area contributed by atoms with E-state index >= 15 is 0 Å². The fourth-order valence-corrected chi connectivity index (χ4v) is 2.04. The van der Waals surface area contributed by atoms with Gasteiger partial charge in [0.05, 0.1) is 11.6 Å². The topological polar surface area (TPSA) is 69.7 Å². The predicted octanol–water partition coefficient (Wildman–Crippen LogP) is 2.27. The van der Waals surface area contributed by atoms with Gasteiger partial charge in [-0.1, -0.05) is 20.3 Å². The number of nitrogens with one attached hydrogen (secondary N) is 2. The first-order chi connectivity index (χ1) is 9.19. The highest BCUT2D eigenvalue weighted by Crippen LogP contribution is 2.24. The Morgan fingerprint density at radius 1 is 1.37 bits per heavy atom. The van der Waals surface area contributed by atoms with Crippen LogP contribution in [0.25, 0.3) is 11.0 Å². The second-order valence-corrected chi connectivity index (χ2v) is 4.81. The van der Waals surface area contributed by atoms with Gasteiger partial charge in [-0.25, -0.2) is 0 Å². The average Bonchev–Trinajstić information content (AvgIpc) is 2.91. The quantitative estimate of drug-likeness (QED) is 0.835. The molecule has 0 saturated carbocycles. The SMILES string of the molecule is CCC(C)CN(CC)c1nc(NC)nc2[nH]ncc12. The van der Waals surface area contributed by atoms with E-state index in [0.717, 1.165) is 36.4 Å². The first-order valence-corrected chi connectivity index (χ1v) is 6.83. The van der Waals surface area contributed by atoms with Crippen molar-refractivity contribution in [2.24, 2.45) is 5.92 Å². The minimum absolute atomic E-state index is 0.620. The summed E-state index contributed by atoms with van der Waals surface area (Å²) in [6.45, 7) is 8.54. The molecule has 2 aromatic heterocycles. The van der Waals surface area contributed by atoms with Gasteiger partial charge in [0, 0.05) is 20.1 Å². The van der Waals surface area contributed by atoms with Crippen molar-refractivity contribution in [2.45, 2.75) is 27.2 Å². The van der Waals surface area contributed by atoms with Gasteiger partial charge in [-0.15, -0.1) is 0 Å². The monoisotopic (exact) mass is 262 g/mol. The average molecular weight is 262 g/mol. The molecular weight excluding hydrogens is 240 g/mol. The van der Waals surface area contributed by atoms with Crippen LogP contribution in [0, 0.1) is 5.92 Å². The van der Waals surface area contributed by atoms with E-state index in [2.05, 4.69) is 51.2 Å². The van der Waals surface area contributed by atoms with Crippen LogP contribution < -0.4 is 10.2 Å². The van der Waals surface area contributed by atoms with Crippen LogP contribution in [0.3, 0.4) is 0 Å². The smallest absolute Gasteiger partial charge is 0.226 e. The van der Waals surface area contributed by atoms with Crippen LogP contribution in [-0.4, -0.2) is 40.3 Å². The first kappa shape index (κ1) is 13.6. The zero-order chi connectivity index (χ0) is 13.8. The Labute approximate surface area is 113 Å². The molecule has 0 aliphatic heterocycles. The van der Waals surface area contributed by atoms with Crippen LogP contribution in [0.4, 0.5) is 11.8 Å². The molecule has 2 rings (SSSR count). The second-order valence-electron chi connectivity index (χ2n) is 4.81. The summed E-state index contributed by atoms with van der Waals surface area (Å²) in [5.74, 6) is 2.20. The van der Waals surface area contributed by atoms with Crippen LogP contribution in [0.5, 0.6) is 0 Å². The van der Waals surface area contributed by atoms with Crippen molar-refractivity contribution < 1.29 is 0 Å². The normalized spacial score (nSPS) is 12.6. The molecule has 1 atom stereocenters. The van der Waals surface area contributed by atoms with Crippen molar-refractivity contribution in [3.8, 4) is 0 Å². The third-order valence-electron chi connectivity index (χ3n) is 3.42. The molecule has 6 heteroatoms. The molecule has 2 aromatic rings. The summed E-state index contributed by atoms with van der Waals surface area (Å²) in [6.07, 6.45) is 2.96. The van der Waals surface area contributed by atoms with Crippen molar-refractivity contribution in [3.63, 3.8) is 0 Å². The number of rotatable bonds is 6. The third kappa shape index (κ3) is 2.77. The van der Waals surface area contributed by atoms with Crippen molar-refractivity contribution in [2.75, 3.05) is 30.4 Å². The summed E-state index contributed by atoms with van der Waals surface area (Å²) in [5.41, 5.74) is 0.775. The Balaban J connectivity index is 2.42. The van der Waals surface area contributed by atoms with Crippen LogP contribution in [0.1, 0.15) is 27.2 Å². The standard InChI is InChI=1S/C13H22N6/c1-5-9(3)8-19(6-2)12-10-7-15-18-11(10)16-13(14-4)17-12/h7,9H,5-6,8H2,1-4H3,(H2,14,15,16,17,18). The van der Waals surface area contributed by atoms with Crippen LogP contribution in [-0.2, 0) is 0 Å². The van der Waals surface area contributed by atoms with E-state index in [1.54, 1.807) is 6.20 Å². The predicted molar refractivity (Wildman–Crippen MR) is 78.6 cm³/mol. The van der Waals surface area contributed by atoms with Crippen molar-refractivity contribution in [1.29, 1.82) is 0 Å². The van der Waals surface area contributed by atoms with E-state index in [-0.39, 0.29) is 0 Å². The molecule has 0 radical (unpaired) electrons. The van der Waals surface area contributed by atoms with E-state index in [9.17, 15) is 0 Å². The molecule has 0 bridgehead atoms. The summed E-state index contributed by atoms with van der Waals surface area (Å²) in [7, 11) is 1.83. The lowest BCUT2D eigenvalue weighted by atomic mass is 10.1. The molecule has 0 fully saturated rings.